The third kappa shape index (κ3) is 6.07. The number of hydrogen-bond donors (Lipinski definition) is 3. The number of aliphatic imine (C=N–C) groups is 1. The molecule has 0 aliphatic rings. The minimum Gasteiger partial charge on any atom is -0.466 e. The molecule has 0 saturated carbocycles. The topological polar surface area (TPSA) is 82.7 Å². The molecule has 0 aliphatic heterocycles. The number of nitrogens with zero attached hydrogens (tertiary/aromatic N) is 2. The summed E-state index contributed by atoms with van der Waals surface area (Å²) >= 11 is 1.71. The second-order valence-electron chi connectivity index (χ2n) is 7.30. The smallest absolute Gasteiger partial charge is 0.191 e. The van der Waals surface area contributed by atoms with Crippen molar-refractivity contribution in [1.82, 2.24) is 15.6 Å². The van der Waals surface area contributed by atoms with Crippen molar-refractivity contribution < 1.29 is 9.52 Å². The Morgan fingerprint density at radius 1 is 1.37 bits per heavy atom. The molecule has 0 saturated heterocycles. The first-order chi connectivity index (χ1) is 12.7. The lowest BCUT2D eigenvalue weighted by atomic mass is 9.96. The number of aryl methyl sites for hydroxylation is 2. The van der Waals surface area contributed by atoms with Crippen molar-refractivity contribution in [2.24, 2.45) is 4.99 Å². The molecular weight excluding hydrogens is 360 g/mol. The summed E-state index contributed by atoms with van der Waals surface area (Å²) in [5.41, 5.74) is 0.803. The minimum atomic E-state index is -1.08. The highest BCUT2D eigenvalue weighted by Gasteiger charge is 2.27. The first-order valence-electron chi connectivity index (χ1n) is 9.49. The predicted molar refractivity (Wildman–Crippen MR) is 112 cm³/mol. The van der Waals surface area contributed by atoms with Crippen molar-refractivity contribution in [1.29, 1.82) is 0 Å². The van der Waals surface area contributed by atoms with Gasteiger partial charge in [-0.3, -0.25) is 0 Å². The highest BCUT2D eigenvalue weighted by Crippen LogP contribution is 2.27. The predicted octanol–water partition coefficient (Wildman–Crippen LogP) is 3.48. The van der Waals surface area contributed by atoms with Gasteiger partial charge < -0.3 is 20.2 Å². The maximum atomic E-state index is 10.8. The highest BCUT2D eigenvalue weighted by atomic mass is 32.1. The monoisotopic (exact) mass is 392 g/mol. The van der Waals surface area contributed by atoms with Gasteiger partial charge in [0.05, 0.1) is 17.2 Å². The molecule has 2 heterocycles. The molecular formula is C20H32N4O2S. The third-order valence-corrected chi connectivity index (χ3v) is 5.44. The van der Waals surface area contributed by atoms with Crippen LogP contribution >= 0.6 is 11.3 Å². The summed E-state index contributed by atoms with van der Waals surface area (Å²) in [6.07, 6.45) is 0.837. The van der Waals surface area contributed by atoms with Crippen LogP contribution in [0.4, 0.5) is 0 Å². The largest absolute Gasteiger partial charge is 0.466 e. The molecule has 0 bridgehead atoms. The molecule has 3 N–H and O–H groups in total. The van der Waals surface area contributed by atoms with E-state index in [-0.39, 0.29) is 6.54 Å². The fourth-order valence-electron chi connectivity index (χ4n) is 2.84. The maximum absolute atomic E-state index is 10.8. The summed E-state index contributed by atoms with van der Waals surface area (Å²) in [7, 11) is 0. The Balaban J connectivity index is 1.95. The summed E-state index contributed by atoms with van der Waals surface area (Å²) in [6.45, 7) is 13.6. The first kappa shape index (κ1) is 21.4. The van der Waals surface area contributed by atoms with Crippen molar-refractivity contribution >= 4 is 17.3 Å². The molecule has 0 aliphatic carbocycles. The SMILES string of the molecule is CCNC(=NCC(C)(O)c1cc(C)oc1C)NCCc1csc(C(C)C)n1. The Bertz CT molecular complexity index is 762. The van der Waals surface area contributed by atoms with E-state index >= 15 is 0 Å². The lowest BCUT2D eigenvalue weighted by Gasteiger charge is -2.21. The maximum Gasteiger partial charge on any atom is 0.191 e. The van der Waals surface area contributed by atoms with Crippen LogP contribution in [0.15, 0.2) is 20.9 Å². The number of aromatic nitrogens is 1. The normalized spacial score (nSPS) is 14.4. The van der Waals surface area contributed by atoms with Gasteiger partial charge in [-0.1, -0.05) is 13.8 Å². The van der Waals surface area contributed by atoms with Crippen LogP contribution in [-0.4, -0.2) is 35.7 Å². The van der Waals surface area contributed by atoms with E-state index in [0.29, 0.717) is 11.9 Å². The standard InChI is InChI=1S/C20H32N4O2S/c1-7-21-19(22-9-8-16-11-27-18(24-16)13(2)3)23-12-20(6,25)17-10-14(4)26-15(17)5/h10-11,13,25H,7-9,12H2,1-6H3,(H2,21,22,23). The van der Waals surface area contributed by atoms with Crippen LogP contribution in [0.2, 0.25) is 0 Å². The number of hydrogen-bond acceptors (Lipinski definition) is 5. The van der Waals surface area contributed by atoms with Crippen molar-refractivity contribution in [2.45, 2.75) is 59.5 Å². The quantitative estimate of drug-likeness (QED) is 0.473. The van der Waals surface area contributed by atoms with Crippen LogP contribution in [0.25, 0.3) is 0 Å². The Morgan fingerprint density at radius 3 is 2.67 bits per heavy atom. The van der Waals surface area contributed by atoms with Crippen molar-refractivity contribution in [2.75, 3.05) is 19.6 Å². The Hall–Kier alpha value is -1.86. The first-order valence-corrected chi connectivity index (χ1v) is 10.4. The summed E-state index contributed by atoms with van der Waals surface area (Å²) in [5, 5.41) is 20.7. The molecule has 0 aromatic carbocycles. The van der Waals surface area contributed by atoms with Gasteiger partial charge in [0.1, 0.15) is 17.1 Å². The molecule has 2 rings (SSSR count). The number of furan rings is 1. The number of nitrogens with one attached hydrogen (secondary N) is 2. The van der Waals surface area contributed by atoms with Crippen LogP contribution < -0.4 is 10.6 Å². The van der Waals surface area contributed by atoms with Gasteiger partial charge >= 0.3 is 0 Å². The molecule has 0 spiro atoms. The van der Waals surface area contributed by atoms with Crippen molar-refractivity contribution in [3.05, 3.63) is 39.2 Å². The Labute approximate surface area is 166 Å². The molecule has 7 heteroatoms. The average Bonchev–Trinajstić information content (AvgIpc) is 3.19. The number of guanidine groups is 1. The van der Waals surface area contributed by atoms with E-state index in [9.17, 15) is 5.11 Å². The zero-order valence-electron chi connectivity index (χ0n) is 17.2. The van der Waals surface area contributed by atoms with Crippen molar-refractivity contribution in [3.63, 3.8) is 0 Å². The van der Waals surface area contributed by atoms with E-state index in [1.54, 1.807) is 18.3 Å². The fourth-order valence-corrected chi connectivity index (χ4v) is 3.71. The van der Waals surface area contributed by atoms with E-state index in [4.69, 9.17) is 4.42 Å². The second-order valence-corrected chi connectivity index (χ2v) is 8.19. The lowest BCUT2D eigenvalue weighted by molar-refractivity contribution is 0.0657. The highest BCUT2D eigenvalue weighted by molar-refractivity contribution is 7.09. The summed E-state index contributed by atoms with van der Waals surface area (Å²) in [5.74, 6) is 2.68. The van der Waals surface area contributed by atoms with Crippen LogP contribution in [0.5, 0.6) is 0 Å². The minimum absolute atomic E-state index is 0.246. The fraction of sp³-hybridized carbons (Fsp3) is 0.600. The average molecular weight is 393 g/mol. The van der Waals surface area contributed by atoms with Gasteiger partial charge in [0, 0.05) is 36.4 Å². The molecule has 1 atom stereocenters. The molecule has 0 amide bonds. The third-order valence-electron chi connectivity index (χ3n) is 4.25. The second kappa shape index (κ2) is 9.37. The summed E-state index contributed by atoms with van der Waals surface area (Å²) in [4.78, 5) is 9.22. The van der Waals surface area contributed by atoms with Crippen LogP contribution in [0, 0.1) is 13.8 Å². The van der Waals surface area contributed by atoms with Gasteiger partial charge in [0.2, 0.25) is 0 Å². The lowest BCUT2D eigenvalue weighted by Crippen LogP contribution is -2.39. The summed E-state index contributed by atoms with van der Waals surface area (Å²) in [6, 6.07) is 1.87. The molecule has 150 valence electrons. The van der Waals surface area contributed by atoms with Gasteiger partial charge in [-0.15, -0.1) is 11.3 Å². The molecule has 0 radical (unpaired) electrons. The van der Waals surface area contributed by atoms with Gasteiger partial charge in [-0.25, -0.2) is 9.98 Å². The van der Waals surface area contributed by atoms with Crippen molar-refractivity contribution in [3.8, 4) is 0 Å². The van der Waals surface area contributed by atoms with Gasteiger partial charge in [-0.05, 0) is 33.8 Å². The Morgan fingerprint density at radius 2 is 2.11 bits per heavy atom. The van der Waals surface area contributed by atoms with E-state index < -0.39 is 5.60 Å². The van der Waals surface area contributed by atoms with Crippen LogP contribution in [0.3, 0.4) is 0 Å². The van der Waals surface area contributed by atoms with Gasteiger partial charge in [0.25, 0.3) is 0 Å². The zero-order chi connectivity index (χ0) is 20.0. The summed E-state index contributed by atoms with van der Waals surface area (Å²) < 4.78 is 5.54. The van der Waals surface area contributed by atoms with Crippen LogP contribution in [0.1, 0.15) is 61.4 Å². The Kier molecular flexibility index (Phi) is 7.44. The number of aliphatic hydroxyl groups is 1. The molecule has 0 fully saturated rings. The van der Waals surface area contributed by atoms with E-state index in [1.807, 2.05) is 26.8 Å². The van der Waals surface area contributed by atoms with E-state index in [2.05, 4.69) is 39.8 Å². The molecule has 6 nitrogen and oxygen atoms in total. The van der Waals surface area contributed by atoms with Gasteiger partial charge in [0.15, 0.2) is 5.96 Å². The van der Waals surface area contributed by atoms with Crippen LogP contribution in [-0.2, 0) is 12.0 Å². The zero-order valence-corrected chi connectivity index (χ0v) is 18.0. The molecule has 2 aromatic rings. The number of rotatable bonds is 8. The van der Waals surface area contributed by atoms with E-state index in [0.717, 1.165) is 42.3 Å². The van der Waals surface area contributed by atoms with Gasteiger partial charge in [-0.2, -0.15) is 0 Å². The molecule has 2 aromatic heterocycles. The van der Waals surface area contributed by atoms with E-state index in [1.165, 1.54) is 5.01 Å². The molecule has 27 heavy (non-hydrogen) atoms. The molecule has 1 unspecified atom stereocenters. The number of thiazole rings is 1.